The van der Waals surface area contributed by atoms with E-state index >= 15 is 0 Å². The smallest absolute Gasteiger partial charge is 0.0895 e. The molecule has 0 spiro atoms. The Morgan fingerprint density at radius 2 is 1.81 bits per heavy atom. The number of hydrogen-bond acceptors (Lipinski definition) is 1. The summed E-state index contributed by atoms with van der Waals surface area (Å²) in [6.45, 7) is 10.0. The summed E-state index contributed by atoms with van der Waals surface area (Å²) >= 11 is 5.99. The summed E-state index contributed by atoms with van der Waals surface area (Å²) in [6, 6.07) is 10.2. The van der Waals surface area contributed by atoms with Crippen LogP contribution in [0.25, 0.3) is 11.1 Å². The summed E-state index contributed by atoms with van der Waals surface area (Å²) in [4.78, 5) is 0. The molecule has 0 radical (unpaired) electrons. The molecule has 21 heavy (non-hydrogen) atoms. The van der Waals surface area contributed by atoms with Gasteiger partial charge in [-0.3, -0.25) is 0 Å². The molecule has 2 aromatic rings. The highest BCUT2D eigenvalue weighted by Gasteiger charge is 2.14. The minimum atomic E-state index is 0.201. The minimum absolute atomic E-state index is 0.201. The number of aliphatic hydroxyl groups excluding tert-OH is 1. The van der Waals surface area contributed by atoms with E-state index in [0.717, 1.165) is 17.0 Å². The lowest BCUT2D eigenvalue weighted by molar-refractivity contribution is 0.401. The van der Waals surface area contributed by atoms with Crippen molar-refractivity contribution in [2.24, 2.45) is 0 Å². The first kappa shape index (κ1) is 15.7. The molecule has 2 aromatic carbocycles. The van der Waals surface area contributed by atoms with Gasteiger partial charge >= 0.3 is 0 Å². The van der Waals surface area contributed by atoms with E-state index in [1.165, 1.54) is 27.8 Å². The highest BCUT2D eigenvalue weighted by molar-refractivity contribution is 6.30. The van der Waals surface area contributed by atoms with Gasteiger partial charge < -0.3 is 5.11 Å². The second-order valence-electron chi connectivity index (χ2n) is 5.43. The Hall–Kier alpha value is -1.73. The summed E-state index contributed by atoms with van der Waals surface area (Å²) in [5.41, 5.74) is 7.31. The zero-order chi connectivity index (χ0) is 15.6. The van der Waals surface area contributed by atoms with Crippen LogP contribution >= 0.6 is 11.6 Å². The molecule has 0 aliphatic rings. The summed E-state index contributed by atoms with van der Waals surface area (Å²) in [5.74, 6) is 0.201. The zero-order valence-electron chi connectivity index (χ0n) is 12.8. The maximum Gasteiger partial charge on any atom is 0.0895 e. The third-order valence-electron chi connectivity index (χ3n) is 3.91. The molecular formula is C19H21ClO. The van der Waals surface area contributed by atoms with Crippen LogP contribution in [-0.2, 0) is 12.8 Å². The monoisotopic (exact) mass is 300 g/mol. The molecule has 0 aliphatic carbocycles. The molecule has 0 heterocycles. The van der Waals surface area contributed by atoms with E-state index in [9.17, 15) is 5.11 Å². The van der Waals surface area contributed by atoms with Crippen molar-refractivity contribution in [1.29, 1.82) is 0 Å². The minimum Gasteiger partial charge on any atom is -0.513 e. The summed E-state index contributed by atoms with van der Waals surface area (Å²) < 4.78 is 0. The van der Waals surface area contributed by atoms with E-state index < -0.39 is 0 Å². The van der Waals surface area contributed by atoms with Crippen LogP contribution < -0.4 is 0 Å². The third-order valence-corrected chi connectivity index (χ3v) is 4.16. The Balaban J connectivity index is 2.67. The summed E-state index contributed by atoms with van der Waals surface area (Å²) in [6.07, 6.45) is 1.47. The van der Waals surface area contributed by atoms with E-state index in [0.29, 0.717) is 6.42 Å². The van der Waals surface area contributed by atoms with E-state index in [-0.39, 0.29) is 5.76 Å². The fourth-order valence-electron chi connectivity index (χ4n) is 2.88. The lowest BCUT2D eigenvalue weighted by Gasteiger charge is -2.19. The van der Waals surface area contributed by atoms with Gasteiger partial charge in [0.05, 0.1) is 5.76 Å². The fraction of sp³-hybridized carbons (Fsp3) is 0.263. The quantitative estimate of drug-likeness (QED) is 0.707. The maximum absolute atomic E-state index is 9.57. The van der Waals surface area contributed by atoms with Crippen molar-refractivity contribution in [2.45, 2.75) is 33.6 Å². The van der Waals surface area contributed by atoms with Crippen LogP contribution in [0.3, 0.4) is 0 Å². The number of benzene rings is 2. The Morgan fingerprint density at radius 1 is 1.19 bits per heavy atom. The molecule has 0 aromatic heterocycles. The predicted molar refractivity (Wildman–Crippen MR) is 91.2 cm³/mol. The van der Waals surface area contributed by atoms with Crippen LogP contribution in [-0.4, -0.2) is 5.11 Å². The molecule has 0 amide bonds. The van der Waals surface area contributed by atoms with Crippen molar-refractivity contribution >= 4 is 11.6 Å². The van der Waals surface area contributed by atoms with Gasteiger partial charge in [-0.15, -0.1) is 0 Å². The third kappa shape index (κ3) is 3.30. The molecule has 0 fully saturated rings. The number of halogens is 1. The van der Waals surface area contributed by atoms with Crippen molar-refractivity contribution in [3.05, 3.63) is 69.9 Å². The molecule has 0 atom stereocenters. The first-order valence-corrected chi connectivity index (χ1v) is 7.56. The van der Waals surface area contributed by atoms with E-state index in [4.69, 9.17) is 11.6 Å². The van der Waals surface area contributed by atoms with Crippen molar-refractivity contribution in [1.82, 2.24) is 0 Å². The SMILES string of the molecule is C=C(O)Cc1c(C)cc(CC)c(-c2ccc(Cl)cc2)c1C. The van der Waals surface area contributed by atoms with Crippen LogP contribution in [0, 0.1) is 13.8 Å². The summed E-state index contributed by atoms with van der Waals surface area (Å²) in [7, 11) is 0. The van der Waals surface area contributed by atoms with E-state index in [1.807, 2.05) is 12.1 Å². The number of rotatable bonds is 4. The van der Waals surface area contributed by atoms with Crippen LogP contribution in [0.5, 0.6) is 0 Å². The Bertz CT molecular complexity index is 669. The standard InChI is InChI=1S/C19H21ClO/c1-5-15-10-12(2)18(11-13(3)21)14(4)19(15)16-6-8-17(20)9-7-16/h6-10,21H,3,5,11H2,1-2,4H3. The summed E-state index contributed by atoms with van der Waals surface area (Å²) in [5, 5.41) is 10.3. The maximum atomic E-state index is 9.57. The van der Waals surface area contributed by atoms with E-state index in [2.05, 4.69) is 45.5 Å². The van der Waals surface area contributed by atoms with Crippen molar-refractivity contribution in [3.63, 3.8) is 0 Å². The molecule has 0 saturated heterocycles. The van der Waals surface area contributed by atoms with Crippen LogP contribution in [0.1, 0.15) is 29.2 Å². The Labute approximate surface area is 131 Å². The van der Waals surface area contributed by atoms with Gasteiger partial charge in [-0.05, 0) is 65.8 Å². The van der Waals surface area contributed by atoms with Crippen molar-refractivity contribution in [3.8, 4) is 11.1 Å². The van der Waals surface area contributed by atoms with Gasteiger partial charge in [0.15, 0.2) is 0 Å². The normalized spacial score (nSPS) is 10.7. The first-order valence-electron chi connectivity index (χ1n) is 7.18. The highest BCUT2D eigenvalue weighted by Crippen LogP contribution is 2.33. The number of hydrogen-bond donors (Lipinski definition) is 1. The van der Waals surface area contributed by atoms with Crippen LogP contribution in [0.4, 0.5) is 0 Å². The number of allylic oxidation sites excluding steroid dienone is 1. The average Bonchev–Trinajstić information content (AvgIpc) is 2.44. The van der Waals surface area contributed by atoms with Crippen LogP contribution in [0.2, 0.25) is 5.02 Å². The van der Waals surface area contributed by atoms with E-state index in [1.54, 1.807) is 0 Å². The Morgan fingerprint density at radius 3 is 2.33 bits per heavy atom. The predicted octanol–water partition coefficient (Wildman–Crippen LogP) is 5.80. The van der Waals surface area contributed by atoms with Crippen molar-refractivity contribution < 1.29 is 5.11 Å². The lowest BCUT2D eigenvalue weighted by Crippen LogP contribution is -2.02. The van der Waals surface area contributed by atoms with Gasteiger partial charge in [0, 0.05) is 11.4 Å². The molecule has 0 bridgehead atoms. The highest BCUT2D eigenvalue weighted by atomic mass is 35.5. The molecule has 0 saturated carbocycles. The average molecular weight is 301 g/mol. The zero-order valence-corrected chi connectivity index (χ0v) is 13.6. The second-order valence-corrected chi connectivity index (χ2v) is 5.87. The molecule has 110 valence electrons. The molecule has 1 nitrogen and oxygen atoms in total. The van der Waals surface area contributed by atoms with Crippen LogP contribution in [0.15, 0.2) is 42.7 Å². The molecule has 2 rings (SSSR count). The largest absolute Gasteiger partial charge is 0.513 e. The molecular weight excluding hydrogens is 280 g/mol. The Kier molecular flexibility index (Phi) is 4.74. The molecule has 0 aliphatic heterocycles. The van der Waals surface area contributed by atoms with Gasteiger partial charge in [0.1, 0.15) is 0 Å². The van der Waals surface area contributed by atoms with Gasteiger partial charge in [-0.25, -0.2) is 0 Å². The lowest BCUT2D eigenvalue weighted by atomic mass is 9.86. The number of aryl methyl sites for hydroxylation is 2. The van der Waals surface area contributed by atoms with Gasteiger partial charge in [-0.1, -0.05) is 43.3 Å². The number of aliphatic hydroxyl groups is 1. The van der Waals surface area contributed by atoms with Gasteiger partial charge in [0.2, 0.25) is 0 Å². The fourth-order valence-corrected chi connectivity index (χ4v) is 3.01. The van der Waals surface area contributed by atoms with Crippen molar-refractivity contribution in [2.75, 3.05) is 0 Å². The van der Waals surface area contributed by atoms with Gasteiger partial charge in [-0.2, -0.15) is 0 Å². The molecule has 1 N–H and O–H groups in total. The van der Waals surface area contributed by atoms with Gasteiger partial charge in [0.25, 0.3) is 0 Å². The first-order chi connectivity index (χ1) is 9.93. The molecule has 2 heteroatoms. The topological polar surface area (TPSA) is 20.2 Å². The second kappa shape index (κ2) is 6.36. The molecule has 0 unspecified atom stereocenters.